The monoisotopic (exact) mass is 257 g/mol. The minimum absolute atomic E-state index is 0.169. The van der Waals surface area contributed by atoms with E-state index in [9.17, 15) is 4.79 Å². The van der Waals surface area contributed by atoms with Crippen LogP contribution in [-0.2, 0) is 4.79 Å². The van der Waals surface area contributed by atoms with Crippen molar-refractivity contribution in [2.75, 3.05) is 13.1 Å². The molecule has 0 rings (SSSR count). The maximum Gasteiger partial charge on any atom is 0.222 e. The summed E-state index contributed by atoms with van der Waals surface area (Å²) in [7, 11) is 0. The standard InChI is InChI=1S/C13H27N3O2/c1-4-5-6-7-13(17)16(10-11(2)3)9-8-12(14)15-18/h11,18H,4-10H2,1-3H3,(H2,14,15). The highest BCUT2D eigenvalue weighted by Crippen LogP contribution is 2.07. The second-order valence-electron chi connectivity index (χ2n) is 5.03. The third-order valence-electron chi connectivity index (χ3n) is 2.70. The number of unbranched alkanes of at least 4 members (excludes halogenated alkanes) is 2. The van der Waals surface area contributed by atoms with E-state index in [0.29, 0.717) is 25.3 Å². The Bertz CT molecular complexity index is 265. The molecule has 106 valence electrons. The van der Waals surface area contributed by atoms with Gasteiger partial charge in [0.15, 0.2) is 0 Å². The van der Waals surface area contributed by atoms with E-state index in [1.54, 1.807) is 0 Å². The van der Waals surface area contributed by atoms with Gasteiger partial charge in [-0.05, 0) is 12.3 Å². The quantitative estimate of drug-likeness (QED) is 0.218. The summed E-state index contributed by atoms with van der Waals surface area (Å²) in [5.41, 5.74) is 5.44. The average Bonchev–Trinajstić information content (AvgIpc) is 2.33. The molecule has 0 aromatic heterocycles. The lowest BCUT2D eigenvalue weighted by Gasteiger charge is -2.24. The maximum atomic E-state index is 12.0. The summed E-state index contributed by atoms with van der Waals surface area (Å²) in [5, 5.41) is 11.4. The van der Waals surface area contributed by atoms with E-state index in [-0.39, 0.29) is 11.7 Å². The van der Waals surface area contributed by atoms with Gasteiger partial charge in [0.1, 0.15) is 5.84 Å². The number of nitrogens with two attached hydrogens (primary N) is 1. The molecule has 3 N–H and O–H groups in total. The second-order valence-corrected chi connectivity index (χ2v) is 5.03. The van der Waals surface area contributed by atoms with Gasteiger partial charge in [-0.3, -0.25) is 4.79 Å². The van der Waals surface area contributed by atoms with Gasteiger partial charge in [0.2, 0.25) is 5.91 Å². The number of nitrogens with zero attached hydrogens (tertiary/aromatic N) is 2. The predicted molar refractivity (Wildman–Crippen MR) is 73.6 cm³/mol. The molecule has 0 aromatic rings. The van der Waals surface area contributed by atoms with Crippen LogP contribution in [0.1, 0.15) is 52.9 Å². The molecule has 0 aromatic carbocycles. The van der Waals surface area contributed by atoms with Gasteiger partial charge in [-0.25, -0.2) is 0 Å². The van der Waals surface area contributed by atoms with Crippen LogP contribution in [0.4, 0.5) is 0 Å². The highest BCUT2D eigenvalue weighted by molar-refractivity contribution is 5.81. The van der Waals surface area contributed by atoms with Crippen molar-refractivity contribution in [1.29, 1.82) is 0 Å². The Kier molecular flexibility index (Phi) is 9.06. The van der Waals surface area contributed by atoms with Crippen LogP contribution in [0.3, 0.4) is 0 Å². The molecule has 5 nitrogen and oxygen atoms in total. The smallest absolute Gasteiger partial charge is 0.222 e. The fourth-order valence-electron chi connectivity index (χ4n) is 1.74. The van der Waals surface area contributed by atoms with Gasteiger partial charge in [-0.1, -0.05) is 38.8 Å². The molecule has 0 fully saturated rings. The van der Waals surface area contributed by atoms with E-state index in [4.69, 9.17) is 10.9 Å². The largest absolute Gasteiger partial charge is 0.409 e. The van der Waals surface area contributed by atoms with E-state index in [2.05, 4.69) is 25.9 Å². The summed E-state index contributed by atoms with van der Waals surface area (Å²) >= 11 is 0. The third kappa shape index (κ3) is 7.92. The van der Waals surface area contributed by atoms with Crippen molar-refractivity contribution in [3.63, 3.8) is 0 Å². The number of amides is 1. The van der Waals surface area contributed by atoms with Gasteiger partial charge < -0.3 is 15.8 Å². The molecule has 0 spiro atoms. The fourth-order valence-corrected chi connectivity index (χ4v) is 1.74. The maximum absolute atomic E-state index is 12.0. The highest BCUT2D eigenvalue weighted by atomic mass is 16.4. The summed E-state index contributed by atoms with van der Waals surface area (Å²) in [6, 6.07) is 0. The molecule has 0 saturated carbocycles. The fraction of sp³-hybridized carbons (Fsp3) is 0.846. The van der Waals surface area contributed by atoms with Gasteiger partial charge in [0.25, 0.3) is 0 Å². The Balaban J connectivity index is 4.24. The van der Waals surface area contributed by atoms with Gasteiger partial charge in [0.05, 0.1) is 0 Å². The zero-order chi connectivity index (χ0) is 14.0. The number of hydrogen-bond donors (Lipinski definition) is 2. The normalized spacial score (nSPS) is 11.9. The van der Waals surface area contributed by atoms with Crippen molar-refractivity contribution in [1.82, 2.24) is 4.90 Å². The molecule has 0 aliphatic heterocycles. The molecule has 5 heteroatoms. The minimum atomic E-state index is 0.169. The van der Waals surface area contributed by atoms with Gasteiger partial charge in [-0.15, -0.1) is 0 Å². The molecule has 0 radical (unpaired) electrons. The molecular formula is C13H27N3O2. The summed E-state index contributed by atoms with van der Waals surface area (Å²) < 4.78 is 0. The number of hydrogen-bond acceptors (Lipinski definition) is 3. The molecule has 1 amide bonds. The van der Waals surface area contributed by atoms with Crippen LogP contribution >= 0.6 is 0 Å². The zero-order valence-corrected chi connectivity index (χ0v) is 11.9. The number of amidine groups is 1. The minimum Gasteiger partial charge on any atom is -0.409 e. The molecular weight excluding hydrogens is 230 g/mol. The molecule has 0 unspecified atom stereocenters. The van der Waals surface area contributed by atoms with Crippen molar-refractivity contribution in [2.45, 2.75) is 52.9 Å². The Morgan fingerprint density at radius 2 is 2.00 bits per heavy atom. The van der Waals surface area contributed by atoms with Crippen molar-refractivity contribution in [2.24, 2.45) is 16.8 Å². The topological polar surface area (TPSA) is 78.9 Å². The first-order chi connectivity index (χ1) is 8.51. The van der Waals surface area contributed by atoms with E-state index >= 15 is 0 Å². The predicted octanol–water partition coefficient (Wildman–Crippen LogP) is 2.19. The summed E-state index contributed by atoms with van der Waals surface area (Å²) in [4.78, 5) is 13.9. The Morgan fingerprint density at radius 3 is 2.50 bits per heavy atom. The highest BCUT2D eigenvalue weighted by Gasteiger charge is 2.14. The van der Waals surface area contributed by atoms with Crippen LogP contribution < -0.4 is 5.73 Å². The van der Waals surface area contributed by atoms with Gasteiger partial charge in [0, 0.05) is 25.9 Å². The van der Waals surface area contributed by atoms with Gasteiger partial charge in [-0.2, -0.15) is 0 Å². The van der Waals surface area contributed by atoms with Gasteiger partial charge >= 0.3 is 0 Å². The first-order valence-corrected chi connectivity index (χ1v) is 6.75. The van der Waals surface area contributed by atoms with Crippen LogP contribution in [-0.4, -0.2) is 34.9 Å². The van der Waals surface area contributed by atoms with E-state index in [1.165, 1.54) is 0 Å². The molecule has 0 saturated heterocycles. The van der Waals surface area contributed by atoms with E-state index in [1.807, 2.05) is 4.90 Å². The van der Waals surface area contributed by atoms with Crippen LogP contribution in [0, 0.1) is 5.92 Å². The van der Waals surface area contributed by atoms with E-state index < -0.39 is 0 Å². The molecule has 0 aliphatic carbocycles. The lowest BCUT2D eigenvalue weighted by molar-refractivity contribution is -0.131. The van der Waals surface area contributed by atoms with Crippen molar-refractivity contribution >= 4 is 11.7 Å². The number of oxime groups is 1. The van der Waals surface area contributed by atoms with Crippen LogP contribution in [0.5, 0.6) is 0 Å². The molecule has 0 bridgehead atoms. The SMILES string of the molecule is CCCCCC(=O)N(CCC(N)=NO)CC(C)C. The van der Waals surface area contributed by atoms with Crippen LogP contribution in [0.25, 0.3) is 0 Å². The van der Waals surface area contributed by atoms with Crippen molar-refractivity contribution in [3.05, 3.63) is 0 Å². The van der Waals surface area contributed by atoms with Crippen molar-refractivity contribution in [3.8, 4) is 0 Å². The first kappa shape index (κ1) is 16.7. The van der Waals surface area contributed by atoms with Crippen LogP contribution in [0.15, 0.2) is 5.16 Å². The molecule has 0 heterocycles. The number of carbonyl (C=O) groups is 1. The Hall–Kier alpha value is -1.26. The number of carbonyl (C=O) groups excluding carboxylic acids is 1. The average molecular weight is 257 g/mol. The number of rotatable bonds is 9. The lowest BCUT2D eigenvalue weighted by atomic mass is 10.1. The molecule has 0 aliphatic rings. The first-order valence-electron chi connectivity index (χ1n) is 6.75. The van der Waals surface area contributed by atoms with Crippen molar-refractivity contribution < 1.29 is 10.0 Å². The molecule has 18 heavy (non-hydrogen) atoms. The Labute approximate surface area is 110 Å². The second kappa shape index (κ2) is 9.74. The lowest BCUT2D eigenvalue weighted by Crippen LogP contribution is -2.36. The summed E-state index contributed by atoms with van der Waals surface area (Å²) in [6.45, 7) is 7.53. The third-order valence-corrected chi connectivity index (χ3v) is 2.70. The van der Waals surface area contributed by atoms with E-state index in [0.717, 1.165) is 25.8 Å². The molecule has 0 atom stereocenters. The summed E-state index contributed by atoms with van der Waals surface area (Å²) in [5.74, 6) is 0.764. The summed E-state index contributed by atoms with van der Waals surface area (Å²) in [6.07, 6.45) is 4.15. The van der Waals surface area contributed by atoms with Crippen LogP contribution in [0.2, 0.25) is 0 Å². The Morgan fingerprint density at radius 1 is 1.33 bits per heavy atom. The zero-order valence-electron chi connectivity index (χ0n) is 11.9.